The average Bonchev–Trinajstić information content (AvgIpc) is 2.54. The van der Waals surface area contributed by atoms with Gasteiger partial charge in [-0.1, -0.05) is 0 Å². The number of nitrogens with two attached hydrogens (primary N) is 1. The molecule has 2 heterocycles. The number of carbonyl (C=O) groups excluding carboxylic acids is 3. The zero-order valence-electron chi connectivity index (χ0n) is 9.54. The fraction of sp³-hybridized carbons (Fsp3) is 0.667. The highest BCUT2D eigenvalue weighted by Crippen LogP contribution is 2.28. The predicted octanol–water partition coefficient (Wildman–Crippen LogP) is -1.82. The van der Waals surface area contributed by atoms with Crippen molar-refractivity contribution < 1.29 is 24.4 Å². The molecule has 0 aromatic heterocycles. The topological polar surface area (TPSA) is 125 Å². The van der Waals surface area contributed by atoms with Crippen molar-refractivity contribution in [3.05, 3.63) is 0 Å². The van der Waals surface area contributed by atoms with Crippen LogP contribution in [0.1, 0.15) is 12.8 Å². The Morgan fingerprint density at radius 1 is 1.50 bits per heavy atom. The van der Waals surface area contributed by atoms with Gasteiger partial charge in [0.15, 0.2) is 6.61 Å². The number of hydrogen-bond donors (Lipinski definition) is 3. The Morgan fingerprint density at radius 3 is 2.89 bits per heavy atom. The summed E-state index contributed by atoms with van der Waals surface area (Å²) >= 11 is 0. The summed E-state index contributed by atoms with van der Waals surface area (Å²) in [4.78, 5) is 39.6. The normalized spacial score (nSPS) is 26.4. The van der Waals surface area contributed by atoms with Crippen LogP contribution in [0.25, 0.3) is 0 Å². The number of rotatable bonds is 4. The molecule has 0 aliphatic carbocycles. The van der Waals surface area contributed by atoms with E-state index in [0.29, 0.717) is 24.4 Å². The molecule has 2 aliphatic rings. The highest BCUT2D eigenvalue weighted by Gasteiger charge is 2.46. The van der Waals surface area contributed by atoms with E-state index < -0.39 is 30.5 Å². The summed E-state index contributed by atoms with van der Waals surface area (Å²) in [7, 11) is 0. The maximum absolute atomic E-state index is 11.7. The third-order valence-electron chi connectivity index (χ3n) is 3.03. The first-order chi connectivity index (χ1) is 8.50. The third-order valence-corrected chi connectivity index (χ3v) is 3.03. The van der Waals surface area contributed by atoms with E-state index in [2.05, 4.69) is 10.3 Å². The minimum Gasteiger partial charge on any atom is -0.368 e. The molecule has 2 atom stereocenters. The van der Waals surface area contributed by atoms with Crippen LogP contribution in [0.3, 0.4) is 0 Å². The third kappa shape index (κ3) is 2.22. The molecule has 4 amide bonds. The first kappa shape index (κ1) is 12.6. The van der Waals surface area contributed by atoms with E-state index >= 15 is 0 Å². The van der Waals surface area contributed by atoms with Gasteiger partial charge < -0.3 is 10.6 Å². The number of nitrogens with one attached hydrogen (secondary N) is 1. The van der Waals surface area contributed by atoms with Crippen LogP contribution in [0, 0.1) is 0 Å². The number of piperidine rings is 1. The minimum atomic E-state index is -0.710. The van der Waals surface area contributed by atoms with Gasteiger partial charge in [0.25, 0.3) is 5.91 Å². The largest absolute Gasteiger partial charge is 0.368 e. The lowest BCUT2D eigenvalue weighted by Gasteiger charge is -2.28. The number of amides is 4. The quantitative estimate of drug-likeness (QED) is 0.404. The fourth-order valence-corrected chi connectivity index (χ4v) is 2.17. The number of hydrogen-bond acceptors (Lipinski definition) is 5. The summed E-state index contributed by atoms with van der Waals surface area (Å²) in [5.41, 5.74) is 6.91. The summed E-state index contributed by atoms with van der Waals surface area (Å²) in [5, 5.41) is 10.1. The fourth-order valence-electron chi connectivity index (χ4n) is 2.17. The standard InChI is InChI=1S/C9H14N4O5/c10-7(14)4-18-11-8(15)6-2-1-5-3-12(6)9(16)13(5)17/h5-6,17H,1-4H2,(H2,10,14)(H,11,15). The van der Waals surface area contributed by atoms with Gasteiger partial charge >= 0.3 is 6.03 Å². The van der Waals surface area contributed by atoms with Crippen LogP contribution in [0.2, 0.25) is 0 Å². The van der Waals surface area contributed by atoms with Crippen molar-refractivity contribution in [1.82, 2.24) is 15.4 Å². The highest BCUT2D eigenvalue weighted by atomic mass is 16.7. The van der Waals surface area contributed by atoms with Crippen molar-refractivity contribution in [3.63, 3.8) is 0 Å². The zero-order chi connectivity index (χ0) is 13.3. The van der Waals surface area contributed by atoms with Crippen molar-refractivity contribution in [2.75, 3.05) is 13.2 Å². The van der Waals surface area contributed by atoms with Crippen molar-refractivity contribution >= 4 is 17.8 Å². The van der Waals surface area contributed by atoms with E-state index in [4.69, 9.17) is 5.73 Å². The maximum Gasteiger partial charge on any atom is 0.344 e. The number of nitrogens with zero attached hydrogens (tertiary/aromatic N) is 2. The molecule has 0 aromatic carbocycles. The summed E-state index contributed by atoms with van der Waals surface area (Å²) < 4.78 is 0. The zero-order valence-corrected chi connectivity index (χ0v) is 9.54. The summed E-state index contributed by atoms with van der Waals surface area (Å²) in [6, 6.07) is -1.54. The molecular formula is C9H14N4O5. The molecular weight excluding hydrogens is 244 g/mol. The van der Waals surface area contributed by atoms with Gasteiger partial charge in [0.1, 0.15) is 6.04 Å². The smallest absolute Gasteiger partial charge is 0.344 e. The molecule has 2 aliphatic heterocycles. The van der Waals surface area contributed by atoms with E-state index in [9.17, 15) is 19.6 Å². The molecule has 2 rings (SSSR count). The Morgan fingerprint density at radius 2 is 2.22 bits per heavy atom. The van der Waals surface area contributed by atoms with Crippen molar-refractivity contribution in [2.45, 2.75) is 24.9 Å². The van der Waals surface area contributed by atoms with Gasteiger partial charge in [0.2, 0.25) is 5.91 Å². The summed E-state index contributed by atoms with van der Waals surface area (Å²) in [6.07, 6.45) is 0.964. The lowest BCUT2D eigenvalue weighted by molar-refractivity contribution is -0.142. The Labute approximate surface area is 102 Å². The molecule has 0 aromatic rings. The van der Waals surface area contributed by atoms with Crippen LogP contribution >= 0.6 is 0 Å². The SMILES string of the molecule is NC(=O)CONC(=O)C1CCC2CN1C(=O)N2O. The Hall–Kier alpha value is -1.87. The van der Waals surface area contributed by atoms with Crippen LogP contribution in [-0.2, 0) is 14.4 Å². The monoisotopic (exact) mass is 258 g/mol. The van der Waals surface area contributed by atoms with Crippen molar-refractivity contribution in [2.24, 2.45) is 5.73 Å². The van der Waals surface area contributed by atoms with Crippen molar-refractivity contribution in [3.8, 4) is 0 Å². The van der Waals surface area contributed by atoms with Crippen LogP contribution in [-0.4, -0.2) is 58.3 Å². The van der Waals surface area contributed by atoms with E-state index in [1.54, 1.807) is 0 Å². The average molecular weight is 258 g/mol. The van der Waals surface area contributed by atoms with E-state index in [0.717, 1.165) is 0 Å². The predicted molar refractivity (Wildman–Crippen MR) is 55.8 cm³/mol. The number of primary amides is 1. The maximum atomic E-state index is 11.7. The lowest BCUT2D eigenvalue weighted by atomic mass is 10.0. The molecule has 0 radical (unpaired) electrons. The molecule has 100 valence electrons. The minimum absolute atomic E-state index is 0.256. The summed E-state index contributed by atoms with van der Waals surface area (Å²) in [5.74, 6) is -1.24. The van der Waals surface area contributed by atoms with Gasteiger partial charge in [-0.15, -0.1) is 0 Å². The van der Waals surface area contributed by atoms with E-state index in [1.165, 1.54) is 4.90 Å². The Kier molecular flexibility index (Phi) is 3.34. The second kappa shape index (κ2) is 4.78. The molecule has 4 N–H and O–H groups in total. The molecule has 2 bridgehead atoms. The number of fused-ring (bicyclic) bond motifs is 2. The van der Waals surface area contributed by atoms with Gasteiger partial charge in [-0.25, -0.2) is 15.3 Å². The summed E-state index contributed by atoms with van der Waals surface area (Å²) in [6.45, 7) is -0.121. The number of urea groups is 1. The van der Waals surface area contributed by atoms with Crippen LogP contribution in [0.5, 0.6) is 0 Å². The highest BCUT2D eigenvalue weighted by molar-refractivity contribution is 5.88. The second-order valence-electron chi connectivity index (χ2n) is 4.25. The molecule has 2 saturated heterocycles. The molecule has 2 unspecified atom stereocenters. The lowest BCUT2D eigenvalue weighted by Crippen LogP contribution is -2.50. The van der Waals surface area contributed by atoms with E-state index in [1.807, 2.05) is 0 Å². The second-order valence-corrected chi connectivity index (χ2v) is 4.25. The molecule has 9 nitrogen and oxygen atoms in total. The molecule has 0 saturated carbocycles. The number of carbonyl (C=O) groups is 3. The van der Waals surface area contributed by atoms with Gasteiger partial charge in [0, 0.05) is 6.54 Å². The van der Waals surface area contributed by atoms with Crippen LogP contribution in [0.15, 0.2) is 0 Å². The molecule has 18 heavy (non-hydrogen) atoms. The van der Waals surface area contributed by atoms with E-state index in [-0.39, 0.29) is 6.04 Å². The van der Waals surface area contributed by atoms with Crippen LogP contribution in [0.4, 0.5) is 4.79 Å². The Balaban J connectivity index is 1.91. The Bertz CT molecular complexity index is 387. The first-order valence-corrected chi connectivity index (χ1v) is 5.49. The molecule has 2 fully saturated rings. The number of hydroxylamine groups is 3. The van der Waals surface area contributed by atoms with Gasteiger partial charge in [-0.05, 0) is 12.8 Å². The van der Waals surface area contributed by atoms with Gasteiger partial charge in [0.05, 0.1) is 6.04 Å². The van der Waals surface area contributed by atoms with Gasteiger partial charge in [-0.2, -0.15) is 0 Å². The first-order valence-electron chi connectivity index (χ1n) is 5.49. The molecule has 0 spiro atoms. The molecule has 9 heteroatoms. The van der Waals surface area contributed by atoms with Crippen molar-refractivity contribution in [1.29, 1.82) is 0 Å². The van der Waals surface area contributed by atoms with Crippen LogP contribution < -0.4 is 11.2 Å². The van der Waals surface area contributed by atoms with Gasteiger partial charge in [-0.3, -0.25) is 19.6 Å².